The van der Waals surface area contributed by atoms with Gasteiger partial charge in [0, 0.05) is 39.2 Å². The topological polar surface area (TPSA) is 166 Å². The van der Waals surface area contributed by atoms with Crippen LogP contribution in [0, 0.1) is 17.3 Å². The summed E-state index contributed by atoms with van der Waals surface area (Å²) in [6.07, 6.45) is 8.59. The number of ether oxygens (including phenoxy) is 1. The maximum atomic E-state index is 14.3. The molecule has 6 amide bonds. The molecule has 0 bridgehead atoms. The summed E-state index contributed by atoms with van der Waals surface area (Å²) in [4.78, 5) is 83.6. The molecular formula is C36H60N6O7. The van der Waals surface area contributed by atoms with Crippen LogP contribution < -0.4 is 21.3 Å². The van der Waals surface area contributed by atoms with Gasteiger partial charge in [0.1, 0.15) is 12.1 Å². The van der Waals surface area contributed by atoms with E-state index >= 15 is 0 Å². The van der Waals surface area contributed by atoms with Crippen LogP contribution in [-0.2, 0) is 28.7 Å². The molecular weight excluding hydrogens is 628 g/mol. The lowest BCUT2D eigenvalue weighted by Gasteiger charge is -2.38. The van der Waals surface area contributed by atoms with Crippen LogP contribution in [0.4, 0.5) is 4.79 Å². The van der Waals surface area contributed by atoms with Crippen LogP contribution in [0.2, 0.25) is 0 Å². The van der Waals surface area contributed by atoms with Gasteiger partial charge < -0.3 is 35.8 Å². The Morgan fingerprint density at radius 2 is 1.71 bits per heavy atom. The number of carbonyl (C=O) groups excluding carboxylic acids is 6. The van der Waals surface area contributed by atoms with Crippen LogP contribution in [0.15, 0.2) is 12.7 Å². The zero-order chi connectivity index (χ0) is 36.1. The van der Waals surface area contributed by atoms with Crippen molar-refractivity contribution >= 4 is 35.4 Å². The van der Waals surface area contributed by atoms with Gasteiger partial charge >= 0.3 is 6.03 Å². The van der Waals surface area contributed by atoms with E-state index in [9.17, 15) is 28.8 Å². The first-order valence-electron chi connectivity index (χ1n) is 18.2. The lowest BCUT2D eigenvalue weighted by molar-refractivity contribution is -0.144. The number of carbonyl (C=O) groups is 6. The number of fused-ring (bicyclic) bond motifs is 1. The molecule has 3 saturated heterocycles. The summed E-state index contributed by atoms with van der Waals surface area (Å²) in [5, 5.41) is 11.2. The minimum absolute atomic E-state index is 0.0418. The third-order valence-electron chi connectivity index (χ3n) is 9.96. The van der Waals surface area contributed by atoms with Gasteiger partial charge in [-0.05, 0) is 49.4 Å². The van der Waals surface area contributed by atoms with Crippen LogP contribution >= 0.6 is 0 Å². The highest BCUT2D eigenvalue weighted by Crippen LogP contribution is 2.32. The minimum atomic E-state index is -1.08. The molecule has 276 valence electrons. The largest absolute Gasteiger partial charge is 0.379 e. The number of amides is 6. The minimum Gasteiger partial charge on any atom is -0.379 e. The van der Waals surface area contributed by atoms with Gasteiger partial charge in [-0.15, -0.1) is 6.58 Å². The van der Waals surface area contributed by atoms with Crippen molar-refractivity contribution in [2.45, 2.75) is 123 Å². The van der Waals surface area contributed by atoms with E-state index in [1.165, 1.54) is 11.0 Å². The molecule has 49 heavy (non-hydrogen) atoms. The number of rotatable bonds is 9. The molecule has 0 spiro atoms. The van der Waals surface area contributed by atoms with Crippen LogP contribution in [0.5, 0.6) is 0 Å². The molecule has 3 rings (SSSR count). The van der Waals surface area contributed by atoms with E-state index in [1.807, 2.05) is 34.6 Å². The number of ketones is 1. The number of Topliss-reactive ketones (excluding diaryl/α,β-unsaturated/α-hetero) is 1. The van der Waals surface area contributed by atoms with Gasteiger partial charge in [0.25, 0.3) is 5.91 Å². The fourth-order valence-corrected chi connectivity index (χ4v) is 6.86. The SMILES string of the molecule is C=CCNC(=O)C(=O)[C@@H]1CCCCCCCOC[C@H](NC(=O)NC(CN2CCCCC2=O)C(C)(C)C)C(=O)N2CC[C@H](C(C)C)[C@H]2C(=O)N1. The summed E-state index contributed by atoms with van der Waals surface area (Å²) in [6.45, 7) is 15.3. The van der Waals surface area contributed by atoms with Crippen LogP contribution in [0.1, 0.15) is 98.8 Å². The summed E-state index contributed by atoms with van der Waals surface area (Å²) in [6, 6.07) is -3.94. The van der Waals surface area contributed by atoms with Gasteiger partial charge in [0.05, 0.1) is 18.7 Å². The molecule has 0 saturated carbocycles. The normalized spacial score (nSPS) is 25.6. The van der Waals surface area contributed by atoms with Crippen molar-refractivity contribution in [2.75, 3.05) is 39.4 Å². The summed E-state index contributed by atoms with van der Waals surface area (Å²) >= 11 is 0. The van der Waals surface area contributed by atoms with E-state index in [2.05, 4.69) is 27.8 Å². The van der Waals surface area contributed by atoms with Crippen molar-refractivity contribution < 1.29 is 33.5 Å². The van der Waals surface area contributed by atoms with Crippen LogP contribution in [-0.4, -0.2) is 109 Å². The molecule has 3 aliphatic rings. The summed E-state index contributed by atoms with van der Waals surface area (Å²) < 4.78 is 5.94. The molecule has 0 aliphatic carbocycles. The second-order valence-electron chi connectivity index (χ2n) is 15.1. The highest BCUT2D eigenvalue weighted by atomic mass is 16.5. The summed E-state index contributed by atoms with van der Waals surface area (Å²) in [5.41, 5.74) is -0.380. The van der Waals surface area contributed by atoms with E-state index in [4.69, 9.17) is 4.74 Å². The summed E-state index contributed by atoms with van der Waals surface area (Å²) in [7, 11) is 0. The lowest BCUT2D eigenvalue weighted by atomic mass is 9.86. The van der Waals surface area contributed by atoms with Crippen molar-refractivity contribution in [3.8, 4) is 0 Å². The van der Waals surface area contributed by atoms with Crippen molar-refractivity contribution in [3.63, 3.8) is 0 Å². The molecule has 5 atom stereocenters. The second kappa shape index (κ2) is 19.1. The van der Waals surface area contributed by atoms with Gasteiger partial charge in [0.15, 0.2) is 0 Å². The number of piperidine rings is 1. The molecule has 0 aromatic rings. The first-order valence-corrected chi connectivity index (χ1v) is 18.2. The van der Waals surface area contributed by atoms with Crippen molar-refractivity contribution in [3.05, 3.63) is 12.7 Å². The Kier molecular flexibility index (Phi) is 15.5. The van der Waals surface area contributed by atoms with E-state index < -0.39 is 47.7 Å². The molecule has 0 radical (unpaired) electrons. The Morgan fingerprint density at radius 3 is 2.39 bits per heavy atom. The molecule has 3 fully saturated rings. The highest BCUT2D eigenvalue weighted by Gasteiger charge is 2.46. The fourth-order valence-electron chi connectivity index (χ4n) is 6.86. The maximum Gasteiger partial charge on any atom is 0.315 e. The molecule has 1 unspecified atom stereocenters. The zero-order valence-electron chi connectivity index (χ0n) is 30.3. The predicted molar refractivity (Wildman–Crippen MR) is 186 cm³/mol. The molecule has 13 heteroatoms. The Hall–Kier alpha value is -3.48. The Morgan fingerprint density at radius 1 is 1.00 bits per heavy atom. The standard InChI is InChI=1S/C36H60N6O7/c1-7-18-37-33(46)31(44)26-15-11-9-8-10-14-21-49-23-27(34(47)42-20-17-25(24(2)3)30(42)32(45)38-26)39-35(48)40-28(36(4,5)6)22-41-19-13-12-16-29(41)43/h7,24-28,30H,1,8-23H2,2-6H3,(H,37,46)(H,38,45)(H2,39,40,48)/t25-,26+,27+,28?,30+/m1/s1. The number of hydrogen-bond acceptors (Lipinski definition) is 7. The third kappa shape index (κ3) is 11.8. The van der Waals surface area contributed by atoms with E-state index in [0.29, 0.717) is 51.9 Å². The first kappa shape index (κ1) is 40.0. The molecule has 0 aromatic carbocycles. The van der Waals surface area contributed by atoms with Crippen molar-refractivity contribution in [1.29, 1.82) is 0 Å². The van der Waals surface area contributed by atoms with Gasteiger partial charge in [-0.3, -0.25) is 24.0 Å². The summed E-state index contributed by atoms with van der Waals surface area (Å²) in [5.74, 6) is -2.54. The quantitative estimate of drug-likeness (QED) is 0.214. The average Bonchev–Trinajstić information content (AvgIpc) is 3.50. The van der Waals surface area contributed by atoms with Crippen LogP contribution in [0.3, 0.4) is 0 Å². The number of likely N-dealkylation sites (tertiary alicyclic amines) is 1. The van der Waals surface area contributed by atoms with Gasteiger partial charge in [0.2, 0.25) is 23.5 Å². The number of hydrogen-bond donors (Lipinski definition) is 4. The Bertz CT molecular complexity index is 1180. The number of nitrogens with one attached hydrogen (secondary N) is 4. The predicted octanol–water partition coefficient (Wildman–Crippen LogP) is 2.68. The Balaban J connectivity index is 1.85. The van der Waals surface area contributed by atoms with E-state index in [-0.39, 0.29) is 42.4 Å². The number of urea groups is 1. The zero-order valence-corrected chi connectivity index (χ0v) is 30.3. The highest BCUT2D eigenvalue weighted by molar-refractivity contribution is 6.38. The maximum absolute atomic E-state index is 14.3. The Labute approximate surface area is 292 Å². The first-order chi connectivity index (χ1) is 23.2. The monoisotopic (exact) mass is 688 g/mol. The van der Waals surface area contributed by atoms with Crippen LogP contribution in [0.25, 0.3) is 0 Å². The molecule has 13 nitrogen and oxygen atoms in total. The molecule has 3 aliphatic heterocycles. The smallest absolute Gasteiger partial charge is 0.315 e. The molecule has 0 aromatic heterocycles. The molecule has 3 heterocycles. The average molecular weight is 689 g/mol. The van der Waals surface area contributed by atoms with Crippen molar-refractivity contribution in [2.24, 2.45) is 17.3 Å². The van der Waals surface area contributed by atoms with E-state index in [1.54, 1.807) is 4.90 Å². The molecule has 4 N–H and O–H groups in total. The second-order valence-corrected chi connectivity index (χ2v) is 15.1. The number of nitrogens with zero attached hydrogens (tertiary/aromatic N) is 2. The van der Waals surface area contributed by atoms with Gasteiger partial charge in [-0.2, -0.15) is 0 Å². The fraction of sp³-hybridized carbons (Fsp3) is 0.778. The van der Waals surface area contributed by atoms with Gasteiger partial charge in [-0.1, -0.05) is 66.4 Å². The van der Waals surface area contributed by atoms with Gasteiger partial charge in [-0.25, -0.2) is 4.79 Å². The van der Waals surface area contributed by atoms with E-state index in [0.717, 1.165) is 38.5 Å². The lowest BCUT2D eigenvalue weighted by Crippen LogP contribution is -2.61. The van der Waals surface area contributed by atoms with Crippen molar-refractivity contribution in [1.82, 2.24) is 31.1 Å². The third-order valence-corrected chi connectivity index (χ3v) is 9.96.